The first-order chi connectivity index (χ1) is 15.7. The van der Waals surface area contributed by atoms with Gasteiger partial charge in [-0.15, -0.1) is 0 Å². The molecule has 2 heterocycles. The van der Waals surface area contributed by atoms with Crippen LogP contribution in [0.15, 0.2) is 42.5 Å². The Hall–Kier alpha value is -1.87. The molecule has 10 heteroatoms. The Morgan fingerprint density at radius 1 is 0.970 bits per heavy atom. The molecule has 4 rings (SSSR count). The molecule has 1 amide bonds. The molecule has 33 heavy (non-hydrogen) atoms. The summed E-state index contributed by atoms with van der Waals surface area (Å²) in [5.74, 6) is -0.798. The zero-order valence-electron chi connectivity index (χ0n) is 18.1. The third-order valence-corrected chi connectivity index (χ3v) is 8.80. The van der Waals surface area contributed by atoms with Gasteiger partial charge < -0.3 is 9.80 Å². The van der Waals surface area contributed by atoms with E-state index in [1.807, 2.05) is 4.90 Å². The lowest BCUT2D eigenvalue weighted by Gasteiger charge is -2.39. The molecule has 2 aliphatic heterocycles. The quantitative estimate of drug-likeness (QED) is 0.605. The number of sulfonamides is 1. The van der Waals surface area contributed by atoms with Gasteiger partial charge in [-0.3, -0.25) is 4.79 Å². The summed E-state index contributed by atoms with van der Waals surface area (Å²) >= 11 is 12.0. The van der Waals surface area contributed by atoms with Crippen LogP contribution in [0.3, 0.4) is 0 Å². The first kappa shape index (κ1) is 24.3. The second-order valence-electron chi connectivity index (χ2n) is 8.49. The SMILES string of the molecule is O=C([C@@H]1CCCN(S(=O)(=O)Cc2ccc(Cl)c(Cl)c2)C1)N1CCN(c2ccc(F)cc2)CC1. The number of halogens is 3. The average Bonchev–Trinajstić information content (AvgIpc) is 2.81. The van der Waals surface area contributed by atoms with E-state index < -0.39 is 10.0 Å². The van der Waals surface area contributed by atoms with E-state index in [0.29, 0.717) is 61.2 Å². The lowest BCUT2D eigenvalue weighted by Crippen LogP contribution is -2.53. The van der Waals surface area contributed by atoms with E-state index >= 15 is 0 Å². The molecule has 0 aliphatic carbocycles. The Kier molecular flexibility index (Phi) is 7.48. The molecule has 2 saturated heterocycles. The van der Waals surface area contributed by atoms with Crippen molar-refractivity contribution in [2.45, 2.75) is 18.6 Å². The van der Waals surface area contributed by atoms with Crippen molar-refractivity contribution in [3.05, 3.63) is 63.9 Å². The van der Waals surface area contributed by atoms with Crippen molar-refractivity contribution in [2.24, 2.45) is 5.92 Å². The Labute approximate surface area is 203 Å². The summed E-state index contributed by atoms with van der Waals surface area (Å²) in [5, 5.41) is 0.691. The highest BCUT2D eigenvalue weighted by atomic mass is 35.5. The molecule has 2 fully saturated rings. The third-order valence-electron chi connectivity index (χ3n) is 6.24. The van der Waals surface area contributed by atoms with Crippen LogP contribution in [0.1, 0.15) is 18.4 Å². The van der Waals surface area contributed by atoms with Crippen molar-refractivity contribution in [1.29, 1.82) is 0 Å². The smallest absolute Gasteiger partial charge is 0.227 e. The molecule has 2 aliphatic rings. The van der Waals surface area contributed by atoms with E-state index in [0.717, 1.165) is 5.69 Å². The molecule has 0 radical (unpaired) electrons. The number of amides is 1. The Balaban J connectivity index is 1.35. The molecule has 0 N–H and O–H groups in total. The summed E-state index contributed by atoms with van der Waals surface area (Å²) in [6.45, 7) is 3.03. The number of carbonyl (C=O) groups is 1. The van der Waals surface area contributed by atoms with Crippen LogP contribution in [0.25, 0.3) is 0 Å². The van der Waals surface area contributed by atoms with Crippen LogP contribution in [-0.2, 0) is 20.6 Å². The number of nitrogens with zero attached hydrogens (tertiary/aromatic N) is 3. The normalized spacial score (nSPS) is 20.2. The number of benzene rings is 2. The Morgan fingerprint density at radius 3 is 2.33 bits per heavy atom. The largest absolute Gasteiger partial charge is 0.368 e. The van der Waals surface area contributed by atoms with Crippen molar-refractivity contribution in [2.75, 3.05) is 44.2 Å². The van der Waals surface area contributed by atoms with Crippen LogP contribution in [0.5, 0.6) is 0 Å². The lowest BCUT2D eigenvalue weighted by atomic mass is 9.97. The second-order valence-corrected chi connectivity index (χ2v) is 11.3. The summed E-state index contributed by atoms with van der Waals surface area (Å²) in [4.78, 5) is 17.1. The zero-order chi connectivity index (χ0) is 23.6. The molecular weight excluding hydrogens is 488 g/mol. The maximum atomic E-state index is 13.2. The summed E-state index contributed by atoms with van der Waals surface area (Å²) in [5.41, 5.74) is 1.50. The molecule has 0 bridgehead atoms. The molecule has 178 valence electrons. The fourth-order valence-electron chi connectivity index (χ4n) is 4.42. The molecule has 2 aromatic carbocycles. The second kappa shape index (κ2) is 10.2. The van der Waals surface area contributed by atoms with Crippen molar-refractivity contribution in [3.8, 4) is 0 Å². The van der Waals surface area contributed by atoms with Crippen LogP contribution in [0, 0.1) is 11.7 Å². The van der Waals surface area contributed by atoms with E-state index in [4.69, 9.17) is 23.2 Å². The van der Waals surface area contributed by atoms with Gasteiger partial charge in [-0.05, 0) is 54.8 Å². The topological polar surface area (TPSA) is 60.9 Å². The summed E-state index contributed by atoms with van der Waals surface area (Å²) in [7, 11) is -3.59. The van der Waals surface area contributed by atoms with E-state index in [-0.39, 0.29) is 29.9 Å². The minimum absolute atomic E-state index is 0.00296. The van der Waals surface area contributed by atoms with Gasteiger partial charge in [-0.25, -0.2) is 17.1 Å². The van der Waals surface area contributed by atoms with E-state index in [2.05, 4.69) is 4.90 Å². The number of carbonyl (C=O) groups excluding carboxylic acids is 1. The van der Waals surface area contributed by atoms with Gasteiger partial charge in [-0.1, -0.05) is 29.3 Å². The minimum Gasteiger partial charge on any atom is -0.368 e. The Morgan fingerprint density at radius 2 is 1.67 bits per heavy atom. The van der Waals surface area contributed by atoms with Crippen LogP contribution >= 0.6 is 23.2 Å². The summed E-state index contributed by atoms with van der Waals surface area (Å²) in [6, 6.07) is 11.1. The molecule has 0 spiro atoms. The van der Waals surface area contributed by atoms with Gasteiger partial charge in [0.25, 0.3) is 0 Å². The number of hydrogen-bond donors (Lipinski definition) is 0. The van der Waals surface area contributed by atoms with Gasteiger partial charge >= 0.3 is 0 Å². The standard InChI is InChI=1S/C23H26Cl2FN3O3S/c24-21-8-3-17(14-22(21)25)16-33(31,32)29-9-1-2-18(15-29)23(30)28-12-10-27(11-13-28)20-6-4-19(26)5-7-20/h3-8,14,18H,1-2,9-13,15-16H2/t18-/m1/s1. The molecular formula is C23H26Cl2FN3O3S. The first-order valence-electron chi connectivity index (χ1n) is 10.9. The van der Waals surface area contributed by atoms with Crippen LogP contribution in [-0.4, -0.2) is 62.8 Å². The molecule has 1 atom stereocenters. The highest BCUT2D eigenvalue weighted by Crippen LogP contribution is 2.27. The maximum Gasteiger partial charge on any atom is 0.227 e. The van der Waals surface area contributed by atoms with E-state index in [1.165, 1.54) is 16.4 Å². The maximum absolute atomic E-state index is 13.2. The van der Waals surface area contributed by atoms with Crippen molar-refractivity contribution < 1.29 is 17.6 Å². The van der Waals surface area contributed by atoms with Gasteiger partial charge in [0.1, 0.15) is 5.82 Å². The number of rotatable bonds is 5. The van der Waals surface area contributed by atoms with Gasteiger partial charge in [-0.2, -0.15) is 0 Å². The molecule has 0 saturated carbocycles. The van der Waals surface area contributed by atoms with Crippen LogP contribution in [0.2, 0.25) is 10.0 Å². The van der Waals surface area contributed by atoms with E-state index in [1.54, 1.807) is 30.3 Å². The van der Waals surface area contributed by atoms with Crippen LogP contribution < -0.4 is 4.90 Å². The summed E-state index contributed by atoms with van der Waals surface area (Å²) < 4.78 is 40.6. The molecule has 0 unspecified atom stereocenters. The molecule has 0 aromatic heterocycles. The minimum atomic E-state index is -3.59. The highest BCUT2D eigenvalue weighted by Gasteiger charge is 2.35. The predicted octanol–water partition coefficient (Wildman–Crippen LogP) is 4.02. The molecule has 6 nitrogen and oxygen atoms in total. The fourth-order valence-corrected chi connectivity index (χ4v) is 6.34. The monoisotopic (exact) mass is 513 g/mol. The van der Waals surface area contributed by atoms with Crippen LogP contribution in [0.4, 0.5) is 10.1 Å². The molecule has 2 aromatic rings. The number of piperidine rings is 1. The van der Waals surface area contributed by atoms with Crippen molar-refractivity contribution >= 4 is 44.8 Å². The number of anilines is 1. The van der Waals surface area contributed by atoms with Gasteiger partial charge in [0.2, 0.25) is 15.9 Å². The lowest BCUT2D eigenvalue weighted by molar-refractivity contribution is -0.137. The fraction of sp³-hybridized carbons (Fsp3) is 0.435. The van der Waals surface area contributed by atoms with Crippen molar-refractivity contribution in [3.63, 3.8) is 0 Å². The average molecular weight is 514 g/mol. The third kappa shape index (κ3) is 5.80. The zero-order valence-corrected chi connectivity index (χ0v) is 20.4. The highest BCUT2D eigenvalue weighted by molar-refractivity contribution is 7.88. The van der Waals surface area contributed by atoms with Gasteiger partial charge in [0.15, 0.2) is 0 Å². The van der Waals surface area contributed by atoms with E-state index in [9.17, 15) is 17.6 Å². The predicted molar refractivity (Wildman–Crippen MR) is 129 cm³/mol. The van der Waals surface area contributed by atoms with Gasteiger partial charge in [0.05, 0.1) is 21.7 Å². The number of hydrogen-bond acceptors (Lipinski definition) is 4. The Bertz CT molecular complexity index is 1110. The van der Waals surface area contributed by atoms with Gasteiger partial charge in [0, 0.05) is 45.0 Å². The van der Waals surface area contributed by atoms with Crippen molar-refractivity contribution in [1.82, 2.24) is 9.21 Å². The summed E-state index contributed by atoms with van der Waals surface area (Å²) in [6.07, 6.45) is 1.32. The first-order valence-corrected chi connectivity index (χ1v) is 13.3. The number of piperazine rings is 1.